The van der Waals surface area contributed by atoms with Crippen molar-refractivity contribution in [2.75, 3.05) is 11.9 Å². The lowest BCUT2D eigenvalue weighted by molar-refractivity contribution is -0.117. The molecule has 1 heterocycles. The second kappa shape index (κ2) is 3.85. The van der Waals surface area contributed by atoms with Gasteiger partial charge in [0.05, 0.1) is 18.4 Å². The highest BCUT2D eigenvalue weighted by Crippen LogP contribution is 2.23. The number of hydrogen-bond donors (Lipinski definition) is 1. The van der Waals surface area contributed by atoms with E-state index in [-0.39, 0.29) is 5.69 Å². The second-order valence-electron chi connectivity index (χ2n) is 2.82. The van der Waals surface area contributed by atoms with Crippen molar-refractivity contribution in [1.29, 1.82) is 0 Å². The standard InChI is InChI=1S/C7H9F4N3/c1-14-3-5(2-13-14)12-4-7(10,11)6(8)9/h2-3,6,12H,4H2,1H3. The Hall–Kier alpha value is -1.27. The largest absolute Gasteiger partial charge is 0.376 e. The Labute approximate surface area is 77.7 Å². The van der Waals surface area contributed by atoms with E-state index in [1.165, 1.54) is 17.1 Å². The number of alkyl halides is 4. The van der Waals surface area contributed by atoms with Crippen LogP contribution in [0.2, 0.25) is 0 Å². The SMILES string of the molecule is Cn1cc(NCC(F)(F)C(F)F)cn1. The van der Waals surface area contributed by atoms with E-state index >= 15 is 0 Å². The Morgan fingerprint density at radius 1 is 1.57 bits per heavy atom. The lowest BCUT2D eigenvalue weighted by Crippen LogP contribution is -2.34. The molecule has 7 heteroatoms. The fourth-order valence-corrected chi connectivity index (χ4v) is 0.810. The monoisotopic (exact) mass is 211 g/mol. The van der Waals surface area contributed by atoms with Crippen LogP contribution in [0.5, 0.6) is 0 Å². The number of aromatic nitrogens is 2. The molecule has 0 saturated heterocycles. The fraction of sp³-hybridized carbons (Fsp3) is 0.571. The molecule has 0 unspecified atom stereocenters. The van der Waals surface area contributed by atoms with Crippen LogP contribution in [0.15, 0.2) is 12.4 Å². The summed E-state index contributed by atoms with van der Waals surface area (Å²) in [5.41, 5.74) is 0.285. The molecule has 0 atom stereocenters. The van der Waals surface area contributed by atoms with Gasteiger partial charge >= 0.3 is 12.3 Å². The number of anilines is 1. The molecule has 80 valence electrons. The predicted octanol–water partition coefficient (Wildman–Crippen LogP) is 1.73. The predicted molar refractivity (Wildman–Crippen MR) is 42.6 cm³/mol. The summed E-state index contributed by atoms with van der Waals surface area (Å²) in [5.74, 6) is -4.02. The first-order valence-corrected chi connectivity index (χ1v) is 3.80. The van der Waals surface area contributed by atoms with Crippen molar-refractivity contribution < 1.29 is 17.6 Å². The molecular formula is C7H9F4N3. The Kier molecular flexibility index (Phi) is 2.97. The summed E-state index contributed by atoms with van der Waals surface area (Å²) in [7, 11) is 1.59. The summed E-state index contributed by atoms with van der Waals surface area (Å²) in [6.07, 6.45) is -0.963. The first-order chi connectivity index (χ1) is 6.42. The molecule has 0 aliphatic rings. The highest BCUT2D eigenvalue weighted by atomic mass is 19.3. The smallest absolute Gasteiger partial charge is 0.324 e. The molecule has 1 aromatic heterocycles. The third kappa shape index (κ3) is 2.61. The zero-order valence-corrected chi connectivity index (χ0v) is 7.35. The van der Waals surface area contributed by atoms with Crippen LogP contribution in [-0.2, 0) is 7.05 Å². The number of rotatable bonds is 4. The van der Waals surface area contributed by atoms with Crippen LogP contribution in [-0.4, -0.2) is 28.7 Å². The Bertz CT molecular complexity index is 297. The summed E-state index contributed by atoms with van der Waals surface area (Å²) in [5, 5.41) is 5.86. The summed E-state index contributed by atoms with van der Waals surface area (Å²) < 4.78 is 49.6. The number of nitrogens with zero attached hydrogens (tertiary/aromatic N) is 2. The highest BCUT2D eigenvalue weighted by Gasteiger charge is 2.40. The summed E-state index contributed by atoms with van der Waals surface area (Å²) in [4.78, 5) is 0. The maximum atomic E-state index is 12.4. The van der Waals surface area contributed by atoms with E-state index in [4.69, 9.17) is 0 Å². The average Bonchev–Trinajstić information content (AvgIpc) is 2.48. The molecule has 0 bridgehead atoms. The lowest BCUT2D eigenvalue weighted by Gasteiger charge is -2.15. The molecule has 0 aliphatic carbocycles. The van der Waals surface area contributed by atoms with Crippen LogP contribution >= 0.6 is 0 Å². The van der Waals surface area contributed by atoms with Gasteiger partial charge in [-0.15, -0.1) is 0 Å². The van der Waals surface area contributed by atoms with E-state index in [1.807, 2.05) is 0 Å². The normalized spacial score (nSPS) is 12.1. The molecule has 3 nitrogen and oxygen atoms in total. The maximum Gasteiger partial charge on any atom is 0.324 e. The van der Waals surface area contributed by atoms with Gasteiger partial charge in [0.1, 0.15) is 0 Å². The van der Waals surface area contributed by atoms with Crippen LogP contribution in [0.3, 0.4) is 0 Å². The third-order valence-electron chi connectivity index (χ3n) is 1.55. The molecular weight excluding hydrogens is 202 g/mol. The number of hydrogen-bond acceptors (Lipinski definition) is 2. The fourth-order valence-electron chi connectivity index (χ4n) is 0.810. The molecule has 0 aliphatic heterocycles. The molecule has 1 aromatic rings. The van der Waals surface area contributed by atoms with Crippen molar-refractivity contribution >= 4 is 5.69 Å². The zero-order valence-electron chi connectivity index (χ0n) is 7.35. The van der Waals surface area contributed by atoms with Gasteiger partial charge in [-0.25, -0.2) is 8.78 Å². The Balaban J connectivity index is 2.48. The average molecular weight is 211 g/mol. The van der Waals surface area contributed by atoms with Gasteiger partial charge in [-0.3, -0.25) is 4.68 Å². The molecule has 1 N–H and O–H groups in total. The van der Waals surface area contributed by atoms with Gasteiger partial charge in [0.2, 0.25) is 0 Å². The molecule has 0 saturated carbocycles. The third-order valence-corrected chi connectivity index (χ3v) is 1.55. The second-order valence-corrected chi connectivity index (χ2v) is 2.82. The molecule has 0 fully saturated rings. The summed E-state index contributed by atoms with van der Waals surface area (Å²) in [6.45, 7) is -1.10. The van der Waals surface area contributed by atoms with Crippen molar-refractivity contribution in [2.24, 2.45) is 7.05 Å². The van der Waals surface area contributed by atoms with Gasteiger partial charge in [0, 0.05) is 13.2 Å². The molecule has 0 amide bonds. The van der Waals surface area contributed by atoms with Crippen molar-refractivity contribution in [3.63, 3.8) is 0 Å². The van der Waals surface area contributed by atoms with Crippen LogP contribution in [0, 0.1) is 0 Å². The highest BCUT2D eigenvalue weighted by molar-refractivity contribution is 5.38. The Morgan fingerprint density at radius 2 is 2.21 bits per heavy atom. The lowest BCUT2D eigenvalue weighted by atomic mass is 10.3. The van der Waals surface area contributed by atoms with Crippen molar-refractivity contribution in [3.05, 3.63) is 12.4 Å². The minimum absolute atomic E-state index is 0.285. The molecule has 0 spiro atoms. The molecule has 0 aromatic carbocycles. The summed E-state index contributed by atoms with van der Waals surface area (Å²) in [6, 6.07) is 0. The van der Waals surface area contributed by atoms with Gasteiger partial charge in [0.15, 0.2) is 0 Å². The summed E-state index contributed by atoms with van der Waals surface area (Å²) >= 11 is 0. The first-order valence-electron chi connectivity index (χ1n) is 3.80. The van der Waals surface area contributed by atoms with Crippen molar-refractivity contribution in [1.82, 2.24) is 9.78 Å². The van der Waals surface area contributed by atoms with Crippen molar-refractivity contribution in [3.8, 4) is 0 Å². The minimum Gasteiger partial charge on any atom is -0.376 e. The van der Waals surface area contributed by atoms with E-state index in [2.05, 4.69) is 10.4 Å². The van der Waals surface area contributed by atoms with E-state index in [1.54, 1.807) is 7.05 Å². The van der Waals surface area contributed by atoms with Crippen molar-refractivity contribution in [2.45, 2.75) is 12.3 Å². The quantitative estimate of drug-likeness (QED) is 0.768. The molecule has 0 radical (unpaired) electrons. The van der Waals surface area contributed by atoms with Gasteiger partial charge in [0.25, 0.3) is 0 Å². The van der Waals surface area contributed by atoms with E-state index in [0.29, 0.717) is 0 Å². The van der Waals surface area contributed by atoms with Crippen LogP contribution in [0.1, 0.15) is 0 Å². The minimum atomic E-state index is -4.02. The zero-order chi connectivity index (χ0) is 10.8. The van der Waals surface area contributed by atoms with E-state index < -0.39 is 18.9 Å². The maximum absolute atomic E-state index is 12.4. The number of halogens is 4. The first kappa shape index (κ1) is 10.8. The molecule has 1 rings (SSSR count). The van der Waals surface area contributed by atoms with E-state index in [9.17, 15) is 17.6 Å². The van der Waals surface area contributed by atoms with Crippen LogP contribution < -0.4 is 5.32 Å². The van der Waals surface area contributed by atoms with Crippen LogP contribution in [0.4, 0.5) is 23.2 Å². The number of nitrogens with one attached hydrogen (secondary N) is 1. The van der Waals surface area contributed by atoms with Gasteiger partial charge in [-0.05, 0) is 0 Å². The topological polar surface area (TPSA) is 29.9 Å². The van der Waals surface area contributed by atoms with Crippen LogP contribution in [0.25, 0.3) is 0 Å². The Morgan fingerprint density at radius 3 is 2.64 bits per heavy atom. The molecule has 14 heavy (non-hydrogen) atoms. The van der Waals surface area contributed by atoms with Gasteiger partial charge in [-0.1, -0.05) is 0 Å². The van der Waals surface area contributed by atoms with E-state index in [0.717, 1.165) is 0 Å². The number of aryl methyl sites for hydroxylation is 1. The van der Waals surface area contributed by atoms with Gasteiger partial charge < -0.3 is 5.32 Å². The van der Waals surface area contributed by atoms with Gasteiger partial charge in [-0.2, -0.15) is 13.9 Å².